The number of aliphatic hydroxyl groups excluding tert-OH is 1. The smallest absolute Gasteiger partial charge is 0.307 e. The molecule has 2 aromatic heterocycles. The van der Waals surface area contributed by atoms with E-state index < -0.39 is 12.1 Å². The van der Waals surface area contributed by atoms with Gasteiger partial charge in [-0.05, 0) is 97.3 Å². The molecule has 0 radical (unpaired) electrons. The van der Waals surface area contributed by atoms with E-state index in [9.17, 15) is 25.1 Å². The minimum absolute atomic E-state index is 0.170. The van der Waals surface area contributed by atoms with Gasteiger partial charge in [-0.2, -0.15) is 10.4 Å². The molecule has 0 aliphatic carbocycles. The molecule has 11 nitrogen and oxygen atoms in total. The van der Waals surface area contributed by atoms with Crippen LogP contribution in [0.25, 0.3) is 33.7 Å². The second-order valence-corrected chi connectivity index (χ2v) is 13.0. The molecule has 0 saturated carbocycles. The minimum atomic E-state index is -0.773. The number of nitrogens with zero attached hydrogens (tertiary/aromatic N) is 6. The van der Waals surface area contributed by atoms with Crippen molar-refractivity contribution in [2.24, 2.45) is 5.92 Å². The highest BCUT2D eigenvalue weighted by Gasteiger charge is 2.32. The van der Waals surface area contributed by atoms with Crippen LogP contribution >= 0.6 is 0 Å². The third kappa shape index (κ3) is 5.05. The first-order valence-corrected chi connectivity index (χ1v) is 16.4. The summed E-state index contributed by atoms with van der Waals surface area (Å²) in [5.74, 6) is -0.898. The molecule has 5 heterocycles. The van der Waals surface area contributed by atoms with Gasteiger partial charge < -0.3 is 19.5 Å². The number of hydrogen-bond donors (Lipinski definition) is 2. The summed E-state index contributed by atoms with van der Waals surface area (Å²) in [6.07, 6.45) is 2.21. The Morgan fingerprint density at radius 2 is 1.85 bits per heavy atom. The highest BCUT2D eigenvalue weighted by molar-refractivity contribution is 6.07. The first-order valence-electron chi connectivity index (χ1n) is 16.4. The van der Waals surface area contributed by atoms with Crippen LogP contribution in [-0.2, 0) is 24.3 Å². The summed E-state index contributed by atoms with van der Waals surface area (Å²) in [7, 11) is 0. The fraction of sp³-hybridized carbons (Fsp3) is 0.324. The predicted octanol–water partition coefficient (Wildman–Crippen LogP) is 5.48. The van der Waals surface area contributed by atoms with E-state index in [4.69, 9.17) is 9.40 Å². The van der Waals surface area contributed by atoms with Gasteiger partial charge in [0.25, 0.3) is 5.91 Å². The molecule has 3 aromatic carbocycles. The van der Waals surface area contributed by atoms with E-state index in [0.717, 1.165) is 45.5 Å². The Morgan fingerprint density at radius 3 is 2.65 bits per heavy atom. The lowest BCUT2D eigenvalue weighted by Gasteiger charge is -2.18. The van der Waals surface area contributed by atoms with Crippen LogP contribution in [0.5, 0.6) is 0 Å². The van der Waals surface area contributed by atoms with Crippen molar-refractivity contribution in [3.05, 3.63) is 88.2 Å². The number of aliphatic carboxylic acids is 1. The molecular weight excluding hydrogens is 608 g/mol. The summed E-state index contributed by atoms with van der Waals surface area (Å²) in [6.45, 7) is 4.97. The third-order valence-corrected chi connectivity index (χ3v) is 10.0. The number of hydrogen-bond acceptors (Lipinski definition) is 8. The molecule has 5 aromatic rings. The molecule has 1 fully saturated rings. The van der Waals surface area contributed by atoms with Gasteiger partial charge in [-0.15, -0.1) is 0 Å². The number of aryl methyl sites for hydroxylation is 1. The quantitative estimate of drug-likeness (QED) is 0.246. The predicted molar refractivity (Wildman–Crippen MR) is 177 cm³/mol. The Bertz CT molecular complexity index is 2160. The lowest BCUT2D eigenvalue weighted by Crippen LogP contribution is -2.29. The van der Waals surface area contributed by atoms with Crippen LogP contribution in [-0.4, -0.2) is 61.4 Å². The molecule has 8 rings (SSSR count). The molecule has 11 heteroatoms. The van der Waals surface area contributed by atoms with E-state index in [1.165, 1.54) is 0 Å². The maximum absolute atomic E-state index is 13.7. The number of carbonyl (C=O) groups excluding carboxylic acids is 1. The van der Waals surface area contributed by atoms with Crippen molar-refractivity contribution >= 4 is 28.7 Å². The number of nitriles is 1. The number of carboxylic acids is 1. The molecule has 1 saturated heterocycles. The molecule has 48 heavy (non-hydrogen) atoms. The van der Waals surface area contributed by atoms with E-state index in [1.807, 2.05) is 37.3 Å². The van der Waals surface area contributed by atoms with E-state index >= 15 is 0 Å². The Balaban J connectivity index is 1.10. The van der Waals surface area contributed by atoms with Crippen molar-refractivity contribution in [3.8, 4) is 28.7 Å². The first-order chi connectivity index (χ1) is 23.3. The highest BCUT2D eigenvalue weighted by Crippen LogP contribution is 2.41. The second kappa shape index (κ2) is 11.7. The maximum atomic E-state index is 13.7. The number of fused-ring (bicyclic) bond motifs is 3. The van der Waals surface area contributed by atoms with Gasteiger partial charge in [-0.3, -0.25) is 19.2 Å². The average Bonchev–Trinajstić information content (AvgIpc) is 3.89. The molecule has 2 atom stereocenters. The maximum Gasteiger partial charge on any atom is 0.307 e. The molecule has 1 amide bonds. The van der Waals surface area contributed by atoms with Gasteiger partial charge in [-0.25, -0.2) is 4.98 Å². The number of rotatable bonds is 6. The van der Waals surface area contributed by atoms with Crippen molar-refractivity contribution in [1.29, 1.82) is 5.26 Å². The fourth-order valence-electron chi connectivity index (χ4n) is 7.58. The van der Waals surface area contributed by atoms with Crippen molar-refractivity contribution in [3.63, 3.8) is 0 Å². The summed E-state index contributed by atoms with van der Waals surface area (Å²) in [6, 6.07) is 19.7. The SMILES string of the molecule is Cc1c(-c2nc3cc(CN4CC[C@@H](C(=O)O)C4)cc(C#N)c3o2)cccc1-c1cccc2c1CCN2C(=O)c1cc2n(n1)CCCC2O. The second-order valence-electron chi connectivity index (χ2n) is 13.0. The number of aliphatic hydroxyl groups is 1. The number of aromatic nitrogens is 3. The number of benzene rings is 3. The number of likely N-dealkylation sites (tertiary alicyclic amines) is 1. The van der Waals surface area contributed by atoms with Gasteiger partial charge in [0, 0.05) is 37.4 Å². The summed E-state index contributed by atoms with van der Waals surface area (Å²) in [4.78, 5) is 33.8. The number of amides is 1. The van der Waals surface area contributed by atoms with Gasteiger partial charge in [0.15, 0.2) is 11.3 Å². The van der Waals surface area contributed by atoms with Gasteiger partial charge in [0.1, 0.15) is 11.6 Å². The molecule has 2 N–H and O–H groups in total. The monoisotopic (exact) mass is 642 g/mol. The Morgan fingerprint density at radius 1 is 1.04 bits per heavy atom. The number of carbonyl (C=O) groups is 2. The van der Waals surface area contributed by atoms with E-state index in [-0.39, 0.29) is 11.8 Å². The van der Waals surface area contributed by atoms with Crippen LogP contribution < -0.4 is 4.90 Å². The molecule has 3 aliphatic heterocycles. The molecule has 0 bridgehead atoms. The largest absolute Gasteiger partial charge is 0.481 e. The molecule has 3 aliphatic rings. The van der Waals surface area contributed by atoms with Crippen LogP contribution in [0.2, 0.25) is 0 Å². The Labute approximate surface area is 276 Å². The molecule has 242 valence electrons. The minimum Gasteiger partial charge on any atom is -0.481 e. The number of anilines is 1. The summed E-state index contributed by atoms with van der Waals surface area (Å²) < 4.78 is 8.00. The summed E-state index contributed by atoms with van der Waals surface area (Å²) >= 11 is 0. The first kappa shape index (κ1) is 30.1. The van der Waals surface area contributed by atoms with E-state index in [2.05, 4.69) is 28.2 Å². The Hall–Kier alpha value is -5.31. The lowest BCUT2D eigenvalue weighted by atomic mass is 9.92. The third-order valence-electron chi connectivity index (χ3n) is 10.0. The van der Waals surface area contributed by atoms with Crippen LogP contribution in [0.15, 0.2) is 59.0 Å². The van der Waals surface area contributed by atoms with Crippen molar-refractivity contribution in [1.82, 2.24) is 19.7 Å². The standard InChI is InChI=1S/C37H34N6O5/c1-21-25(27-7-3-8-31-28(27)11-14-42(31)36(45)30-17-32-33(44)9-4-12-43(32)40-30)5-2-6-26(21)35-39-29-16-22(15-24(18-38)34(29)48-35)19-41-13-10-23(20-41)37(46)47/h2-3,5-8,15-17,23,33,44H,4,9-14,19-20H2,1H3,(H,46,47)/t23-,33?/m1/s1. The average molecular weight is 643 g/mol. The van der Waals surface area contributed by atoms with Crippen molar-refractivity contribution < 1.29 is 24.2 Å². The van der Waals surface area contributed by atoms with Crippen LogP contribution in [0.3, 0.4) is 0 Å². The van der Waals surface area contributed by atoms with Crippen LogP contribution in [0.1, 0.15) is 63.8 Å². The van der Waals surface area contributed by atoms with Crippen LogP contribution in [0, 0.1) is 24.2 Å². The normalized spacial score (nSPS) is 19.0. The van der Waals surface area contributed by atoms with Gasteiger partial charge in [0.2, 0.25) is 5.89 Å². The molecular formula is C37H34N6O5. The van der Waals surface area contributed by atoms with E-state index in [1.54, 1.807) is 21.7 Å². The van der Waals surface area contributed by atoms with E-state index in [0.29, 0.717) is 85.9 Å². The number of oxazole rings is 1. The van der Waals surface area contributed by atoms with Crippen LogP contribution in [0.4, 0.5) is 5.69 Å². The van der Waals surface area contributed by atoms with Gasteiger partial charge in [-0.1, -0.05) is 24.3 Å². The zero-order chi connectivity index (χ0) is 33.1. The fourth-order valence-corrected chi connectivity index (χ4v) is 7.58. The highest BCUT2D eigenvalue weighted by atomic mass is 16.4. The van der Waals surface area contributed by atoms with Gasteiger partial charge in [0.05, 0.1) is 23.3 Å². The summed E-state index contributed by atoms with van der Waals surface area (Å²) in [5.41, 5.74) is 9.08. The topological polar surface area (TPSA) is 149 Å². The van der Waals surface area contributed by atoms with Crippen molar-refractivity contribution in [2.45, 2.75) is 51.8 Å². The zero-order valence-electron chi connectivity index (χ0n) is 26.5. The summed E-state index contributed by atoms with van der Waals surface area (Å²) in [5, 5.41) is 34.3. The van der Waals surface area contributed by atoms with Crippen molar-refractivity contribution in [2.75, 3.05) is 24.5 Å². The Kier molecular flexibility index (Phi) is 7.35. The zero-order valence-corrected chi connectivity index (χ0v) is 26.5. The number of carboxylic acid groups (broad SMARTS) is 1. The van der Waals surface area contributed by atoms with Gasteiger partial charge >= 0.3 is 5.97 Å². The lowest BCUT2D eigenvalue weighted by molar-refractivity contribution is -0.141. The molecule has 0 spiro atoms. The molecule has 1 unspecified atom stereocenters.